The lowest BCUT2D eigenvalue weighted by Crippen LogP contribution is -2.60. The van der Waals surface area contributed by atoms with Gasteiger partial charge in [-0.3, -0.25) is 4.79 Å². The van der Waals surface area contributed by atoms with E-state index in [1.165, 1.54) is 6.07 Å². The molecule has 0 saturated carbocycles. The Kier molecular flexibility index (Phi) is 2.74. The minimum Gasteiger partial charge on any atom is -0.354 e. The summed E-state index contributed by atoms with van der Waals surface area (Å²) in [6, 6.07) is 5.26. The Morgan fingerprint density at radius 3 is 2.74 bits per heavy atom. The van der Waals surface area contributed by atoms with Gasteiger partial charge in [0.05, 0.1) is 35.8 Å². The smallest absolute Gasteiger partial charge is 0.239 e. The fraction of sp³-hybridized carbons (Fsp3) is 0.417. The number of amides is 1. The lowest BCUT2D eigenvalue weighted by molar-refractivity contribution is -0.121. The average Bonchev–Trinajstić information content (AvgIpc) is 2.63. The molecule has 1 aromatic rings. The predicted octanol–water partition coefficient (Wildman–Crippen LogP) is -0.0725. The molecule has 0 aromatic heterocycles. The number of nitrogens with one attached hydrogen (secondary N) is 1. The number of carbonyl (C=O) groups excluding carboxylic acids is 1. The van der Waals surface area contributed by atoms with E-state index in [4.69, 9.17) is 0 Å². The molecule has 102 valence electrons. The van der Waals surface area contributed by atoms with Crippen molar-refractivity contribution in [3.05, 3.63) is 30.1 Å². The number of halogens is 1. The van der Waals surface area contributed by atoms with Gasteiger partial charge in [-0.15, -0.1) is 0 Å². The standard InChI is InChI=1S/C12H13FN2O3S/c13-8-3-1-2-4-10(8)15-5-12(16)14-9-6-19(17,18)7-11(9)15/h1-4,9,11H,5-7H2,(H,14,16)/t9-,11+/m1/s1. The Balaban J connectivity index is 2.01. The second-order valence-electron chi connectivity index (χ2n) is 4.90. The van der Waals surface area contributed by atoms with Crippen LogP contribution in [0.15, 0.2) is 24.3 Å². The molecule has 0 aliphatic carbocycles. The molecule has 2 aliphatic heterocycles. The van der Waals surface area contributed by atoms with Gasteiger partial charge in [0.1, 0.15) is 5.82 Å². The molecule has 1 N–H and O–H groups in total. The van der Waals surface area contributed by atoms with Crippen molar-refractivity contribution in [3.8, 4) is 0 Å². The maximum Gasteiger partial charge on any atom is 0.239 e. The molecule has 0 radical (unpaired) electrons. The van der Waals surface area contributed by atoms with Crippen LogP contribution in [0.1, 0.15) is 0 Å². The minimum absolute atomic E-state index is 0.0162. The Bertz CT molecular complexity index is 632. The maximum absolute atomic E-state index is 13.8. The highest BCUT2D eigenvalue weighted by molar-refractivity contribution is 7.91. The summed E-state index contributed by atoms with van der Waals surface area (Å²) in [5, 5.41) is 2.67. The summed E-state index contributed by atoms with van der Waals surface area (Å²) in [6.07, 6.45) is 0. The summed E-state index contributed by atoms with van der Waals surface area (Å²) in [4.78, 5) is 13.2. The van der Waals surface area contributed by atoms with Crippen LogP contribution in [0.4, 0.5) is 10.1 Å². The van der Waals surface area contributed by atoms with Crippen LogP contribution < -0.4 is 10.2 Å². The van der Waals surface area contributed by atoms with E-state index in [0.717, 1.165) is 0 Å². The molecule has 2 aliphatic rings. The Labute approximate surface area is 110 Å². The van der Waals surface area contributed by atoms with Crippen molar-refractivity contribution in [1.29, 1.82) is 0 Å². The number of sulfone groups is 1. The summed E-state index contributed by atoms with van der Waals surface area (Å²) >= 11 is 0. The topological polar surface area (TPSA) is 66.5 Å². The number of carbonyl (C=O) groups is 1. The van der Waals surface area contributed by atoms with Gasteiger partial charge < -0.3 is 10.2 Å². The molecule has 19 heavy (non-hydrogen) atoms. The number of para-hydroxylation sites is 1. The van der Waals surface area contributed by atoms with Crippen LogP contribution >= 0.6 is 0 Å². The Morgan fingerprint density at radius 1 is 1.26 bits per heavy atom. The van der Waals surface area contributed by atoms with Gasteiger partial charge >= 0.3 is 0 Å². The van der Waals surface area contributed by atoms with Crippen molar-refractivity contribution in [3.63, 3.8) is 0 Å². The fourth-order valence-electron chi connectivity index (χ4n) is 2.75. The number of anilines is 1. The molecule has 7 heteroatoms. The fourth-order valence-corrected chi connectivity index (χ4v) is 4.67. The molecular weight excluding hydrogens is 271 g/mol. The predicted molar refractivity (Wildman–Crippen MR) is 68.1 cm³/mol. The van der Waals surface area contributed by atoms with Gasteiger partial charge in [-0.2, -0.15) is 0 Å². The molecule has 3 rings (SSSR count). The van der Waals surface area contributed by atoms with Crippen LogP contribution in [-0.4, -0.2) is 44.5 Å². The Morgan fingerprint density at radius 2 is 2.00 bits per heavy atom. The van der Waals surface area contributed by atoms with Crippen molar-refractivity contribution in [2.75, 3.05) is 23.0 Å². The van der Waals surface area contributed by atoms with Crippen LogP contribution in [0.25, 0.3) is 0 Å². The van der Waals surface area contributed by atoms with E-state index in [9.17, 15) is 17.6 Å². The third-order valence-electron chi connectivity index (χ3n) is 3.55. The lowest BCUT2D eigenvalue weighted by Gasteiger charge is -2.38. The highest BCUT2D eigenvalue weighted by Crippen LogP contribution is 2.28. The van der Waals surface area contributed by atoms with Crippen LogP contribution in [0, 0.1) is 5.82 Å². The number of piperazine rings is 1. The first-order valence-electron chi connectivity index (χ1n) is 5.97. The van der Waals surface area contributed by atoms with E-state index >= 15 is 0 Å². The number of hydrogen-bond acceptors (Lipinski definition) is 4. The first-order chi connectivity index (χ1) is 8.96. The van der Waals surface area contributed by atoms with E-state index in [-0.39, 0.29) is 35.7 Å². The zero-order chi connectivity index (χ0) is 13.6. The Hall–Kier alpha value is -1.63. The minimum atomic E-state index is -3.18. The summed E-state index contributed by atoms with van der Waals surface area (Å²) < 4.78 is 37.2. The number of benzene rings is 1. The average molecular weight is 284 g/mol. The largest absolute Gasteiger partial charge is 0.354 e. The highest BCUT2D eigenvalue weighted by atomic mass is 32.2. The summed E-state index contributed by atoms with van der Waals surface area (Å²) in [7, 11) is -3.18. The molecule has 2 fully saturated rings. The van der Waals surface area contributed by atoms with E-state index < -0.39 is 21.7 Å². The molecule has 2 heterocycles. The third-order valence-corrected chi connectivity index (χ3v) is 5.26. The first kappa shape index (κ1) is 12.4. The lowest BCUT2D eigenvalue weighted by atomic mass is 10.1. The zero-order valence-corrected chi connectivity index (χ0v) is 10.9. The summed E-state index contributed by atoms with van der Waals surface area (Å²) in [5.74, 6) is -0.845. The zero-order valence-electron chi connectivity index (χ0n) is 10.0. The second kappa shape index (κ2) is 4.19. The van der Waals surface area contributed by atoms with Crippen molar-refractivity contribution in [2.45, 2.75) is 12.1 Å². The SMILES string of the molecule is O=C1CN(c2ccccc2F)[C@H]2CS(=O)(=O)C[C@H]2N1. The van der Waals surface area contributed by atoms with Gasteiger partial charge in [-0.1, -0.05) is 12.1 Å². The van der Waals surface area contributed by atoms with Gasteiger partial charge in [0, 0.05) is 0 Å². The van der Waals surface area contributed by atoms with E-state index in [1.807, 2.05) is 0 Å². The highest BCUT2D eigenvalue weighted by Gasteiger charge is 2.45. The van der Waals surface area contributed by atoms with Gasteiger partial charge in [-0.25, -0.2) is 12.8 Å². The van der Waals surface area contributed by atoms with Gasteiger partial charge in [-0.05, 0) is 12.1 Å². The van der Waals surface area contributed by atoms with E-state index in [2.05, 4.69) is 5.32 Å². The molecule has 1 amide bonds. The number of nitrogens with zero attached hydrogens (tertiary/aromatic N) is 1. The van der Waals surface area contributed by atoms with Gasteiger partial charge in [0.2, 0.25) is 5.91 Å². The second-order valence-corrected chi connectivity index (χ2v) is 7.05. The number of hydrogen-bond donors (Lipinski definition) is 1. The van der Waals surface area contributed by atoms with Crippen molar-refractivity contribution in [2.24, 2.45) is 0 Å². The molecule has 2 saturated heterocycles. The molecule has 0 bridgehead atoms. The van der Waals surface area contributed by atoms with Gasteiger partial charge in [0.15, 0.2) is 9.84 Å². The summed E-state index contributed by atoms with van der Waals surface area (Å²) in [5.41, 5.74) is 0.282. The van der Waals surface area contributed by atoms with E-state index in [1.54, 1.807) is 23.1 Å². The van der Waals surface area contributed by atoms with Crippen LogP contribution in [-0.2, 0) is 14.6 Å². The number of rotatable bonds is 1. The molecule has 0 unspecified atom stereocenters. The van der Waals surface area contributed by atoms with E-state index in [0.29, 0.717) is 0 Å². The molecule has 0 spiro atoms. The monoisotopic (exact) mass is 284 g/mol. The normalized spacial score (nSPS) is 28.9. The van der Waals surface area contributed by atoms with Crippen molar-refractivity contribution >= 4 is 21.4 Å². The molecule has 1 aromatic carbocycles. The van der Waals surface area contributed by atoms with Gasteiger partial charge in [0.25, 0.3) is 0 Å². The number of fused-ring (bicyclic) bond motifs is 1. The third kappa shape index (κ3) is 2.18. The molecule has 2 atom stereocenters. The van der Waals surface area contributed by atoms with Crippen LogP contribution in [0.2, 0.25) is 0 Å². The van der Waals surface area contributed by atoms with Crippen LogP contribution in [0.3, 0.4) is 0 Å². The van der Waals surface area contributed by atoms with Crippen LogP contribution in [0.5, 0.6) is 0 Å². The maximum atomic E-state index is 13.8. The molecule has 5 nitrogen and oxygen atoms in total. The quantitative estimate of drug-likeness (QED) is 0.784. The first-order valence-corrected chi connectivity index (χ1v) is 7.79. The molecular formula is C12H13FN2O3S. The van der Waals surface area contributed by atoms with Crippen molar-refractivity contribution in [1.82, 2.24) is 5.32 Å². The summed E-state index contributed by atoms with van der Waals surface area (Å²) in [6.45, 7) is -0.0162. The van der Waals surface area contributed by atoms with Crippen molar-refractivity contribution < 1.29 is 17.6 Å².